The predicted molar refractivity (Wildman–Crippen MR) is 99.0 cm³/mol. The molecule has 3 N–H and O–H groups in total. The summed E-state index contributed by atoms with van der Waals surface area (Å²) in [6.45, 7) is 2.79. The molecule has 0 radical (unpaired) electrons. The van der Waals surface area contributed by atoms with Gasteiger partial charge in [0.25, 0.3) is 5.91 Å². The number of carbonyl (C=O) groups is 1. The van der Waals surface area contributed by atoms with Crippen molar-refractivity contribution in [1.82, 2.24) is 5.32 Å². The number of carbonyl (C=O) groups excluding carboxylic acids is 1. The Morgan fingerprint density at radius 2 is 2.08 bits per heavy atom. The van der Waals surface area contributed by atoms with Gasteiger partial charge in [0.2, 0.25) is 0 Å². The van der Waals surface area contributed by atoms with Crippen molar-refractivity contribution in [2.24, 2.45) is 0 Å². The number of methoxy groups -OCH3 is 1. The van der Waals surface area contributed by atoms with Gasteiger partial charge >= 0.3 is 0 Å². The summed E-state index contributed by atoms with van der Waals surface area (Å²) in [4.78, 5) is 12.0. The maximum Gasteiger partial charge on any atom is 0.275 e. The maximum atomic E-state index is 13.5. The van der Waals surface area contributed by atoms with Crippen LogP contribution in [0.2, 0.25) is 0 Å². The summed E-state index contributed by atoms with van der Waals surface area (Å²) >= 11 is 3.47. The Bertz CT molecular complexity index is 724. The molecule has 0 bridgehead atoms. The zero-order valence-electron chi connectivity index (χ0n) is 14.4. The van der Waals surface area contributed by atoms with Crippen LogP contribution in [-0.4, -0.2) is 26.1 Å². The van der Waals surface area contributed by atoms with Crippen molar-refractivity contribution in [2.75, 3.05) is 20.2 Å². The summed E-state index contributed by atoms with van der Waals surface area (Å²) in [5.41, 5.74) is 1.72. The Labute approximate surface area is 155 Å². The molecule has 0 aliphatic carbocycles. The summed E-state index contributed by atoms with van der Waals surface area (Å²) in [6.07, 6.45) is 0.486. The van der Waals surface area contributed by atoms with E-state index in [9.17, 15) is 9.18 Å². The van der Waals surface area contributed by atoms with Crippen molar-refractivity contribution < 1.29 is 19.2 Å². The number of rotatable bonds is 8. The van der Waals surface area contributed by atoms with Crippen LogP contribution in [0.1, 0.15) is 24.1 Å². The Morgan fingerprint density at radius 1 is 1.32 bits per heavy atom. The quantitative estimate of drug-likeness (QED) is 0.703. The molecule has 25 heavy (non-hydrogen) atoms. The van der Waals surface area contributed by atoms with E-state index < -0.39 is 0 Å². The number of hydrogen-bond acceptors (Lipinski definition) is 2. The second-order valence-corrected chi connectivity index (χ2v) is 6.67. The average Bonchev–Trinajstić information content (AvgIpc) is 2.61. The highest BCUT2D eigenvalue weighted by Gasteiger charge is 2.13. The Balaban J connectivity index is 1.75. The smallest absolute Gasteiger partial charge is 0.275 e. The van der Waals surface area contributed by atoms with E-state index in [2.05, 4.69) is 21.2 Å². The largest absolute Gasteiger partial charge is 0.496 e. The van der Waals surface area contributed by atoms with Crippen molar-refractivity contribution in [2.45, 2.75) is 19.4 Å². The minimum absolute atomic E-state index is 0.0595. The molecule has 0 aliphatic rings. The number of nitrogens with two attached hydrogens (primary N) is 1. The lowest BCUT2D eigenvalue weighted by Gasteiger charge is -2.13. The molecule has 0 heterocycles. The Hall–Kier alpha value is -1.92. The second kappa shape index (κ2) is 9.53. The van der Waals surface area contributed by atoms with Crippen molar-refractivity contribution in [3.05, 3.63) is 63.9 Å². The fraction of sp³-hybridized carbons (Fsp3) is 0.316. The van der Waals surface area contributed by atoms with E-state index >= 15 is 0 Å². The van der Waals surface area contributed by atoms with Crippen molar-refractivity contribution in [3.8, 4) is 5.75 Å². The molecule has 0 fully saturated rings. The molecule has 0 saturated carbocycles. The van der Waals surface area contributed by atoms with Crippen LogP contribution in [-0.2, 0) is 11.2 Å². The van der Waals surface area contributed by atoms with Gasteiger partial charge in [0, 0.05) is 12.1 Å². The molecule has 6 heteroatoms. The van der Waals surface area contributed by atoms with Gasteiger partial charge in [0.05, 0.1) is 11.6 Å². The minimum Gasteiger partial charge on any atom is -0.496 e. The van der Waals surface area contributed by atoms with Gasteiger partial charge < -0.3 is 15.4 Å². The lowest BCUT2D eigenvalue weighted by atomic mass is 10.1. The first-order chi connectivity index (χ1) is 12.0. The summed E-state index contributed by atoms with van der Waals surface area (Å²) in [7, 11) is 1.63. The molecule has 2 aromatic rings. The first-order valence-corrected chi connectivity index (χ1v) is 8.97. The highest BCUT2D eigenvalue weighted by Crippen LogP contribution is 2.27. The number of nitrogens with one attached hydrogen (secondary N) is 1. The molecule has 0 spiro atoms. The molecular formula is C19H23BrFN2O2+. The SMILES string of the molecule is COc1ccc([C@H](C)[NH2+]CC(=O)NCCc2ccccc2F)cc1Br. The van der Waals surface area contributed by atoms with Crippen LogP contribution in [0.15, 0.2) is 46.9 Å². The zero-order chi connectivity index (χ0) is 18.2. The number of amides is 1. The molecule has 0 saturated heterocycles. The summed E-state index contributed by atoms with van der Waals surface area (Å²) in [5.74, 6) is 0.486. The van der Waals surface area contributed by atoms with Gasteiger partial charge in [0.15, 0.2) is 6.54 Å². The number of ether oxygens (including phenoxy) is 1. The van der Waals surface area contributed by atoms with Gasteiger partial charge in [-0.15, -0.1) is 0 Å². The van der Waals surface area contributed by atoms with Crippen LogP contribution in [0.25, 0.3) is 0 Å². The van der Waals surface area contributed by atoms with Gasteiger partial charge in [-0.3, -0.25) is 4.79 Å². The van der Waals surface area contributed by atoms with Crippen LogP contribution in [0.3, 0.4) is 0 Å². The highest BCUT2D eigenvalue weighted by molar-refractivity contribution is 9.10. The van der Waals surface area contributed by atoms with Crippen molar-refractivity contribution in [3.63, 3.8) is 0 Å². The minimum atomic E-state index is -0.234. The van der Waals surface area contributed by atoms with E-state index in [1.807, 2.05) is 30.4 Å². The summed E-state index contributed by atoms with van der Waals surface area (Å²) in [6, 6.07) is 12.6. The Morgan fingerprint density at radius 3 is 2.76 bits per heavy atom. The topological polar surface area (TPSA) is 54.9 Å². The van der Waals surface area contributed by atoms with Gasteiger partial charge in [-0.1, -0.05) is 18.2 Å². The average molecular weight is 410 g/mol. The fourth-order valence-electron chi connectivity index (χ4n) is 2.50. The van der Waals surface area contributed by atoms with Gasteiger partial charge in [-0.05, 0) is 59.1 Å². The van der Waals surface area contributed by atoms with Crippen LogP contribution < -0.4 is 15.4 Å². The Kier molecular flexibility index (Phi) is 7.40. The van der Waals surface area contributed by atoms with Crippen molar-refractivity contribution in [1.29, 1.82) is 0 Å². The molecule has 2 rings (SSSR count). The third-order valence-electron chi connectivity index (χ3n) is 4.03. The summed E-state index contributed by atoms with van der Waals surface area (Å²) in [5, 5.41) is 4.79. The van der Waals surface area contributed by atoms with Crippen LogP contribution >= 0.6 is 15.9 Å². The van der Waals surface area contributed by atoms with E-state index in [0.29, 0.717) is 25.1 Å². The number of quaternary nitrogens is 1. The third kappa shape index (κ3) is 5.83. The van der Waals surface area contributed by atoms with Crippen LogP contribution in [0.4, 0.5) is 4.39 Å². The lowest BCUT2D eigenvalue weighted by molar-refractivity contribution is -0.682. The molecular weight excluding hydrogens is 387 g/mol. The zero-order valence-corrected chi connectivity index (χ0v) is 16.0. The predicted octanol–water partition coefficient (Wildman–Crippen LogP) is 2.58. The molecule has 0 unspecified atom stereocenters. The van der Waals surface area contributed by atoms with E-state index in [1.54, 1.807) is 25.3 Å². The molecule has 2 aromatic carbocycles. The van der Waals surface area contributed by atoms with Crippen LogP contribution in [0, 0.1) is 5.82 Å². The number of halogens is 2. The molecule has 1 amide bonds. The maximum absolute atomic E-state index is 13.5. The molecule has 134 valence electrons. The molecule has 1 atom stereocenters. The van der Waals surface area contributed by atoms with Crippen LogP contribution in [0.5, 0.6) is 5.75 Å². The number of benzene rings is 2. The fourth-order valence-corrected chi connectivity index (χ4v) is 3.05. The number of hydrogen-bond donors (Lipinski definition) is 2. The van der Waals surface area contributed by atoms with E-state index in [0.717, 1.165) is 15.8 Å². The first kappa shape index (κ1) is 19.4. The first-order valence-electron chi connectivity index (χ1n) is 8.18. The monoisotopic (exact) mass is 409 g/mol. The molecule has 0 aliphatic heterocycles. The lowest BCUT2D eigenvalue weighted by Crippen LogP contribution is -2.87. The van der Waals surface area contributed by atoms with Gasteiger partial charge in [-0.2, -0.15) is 0 Å². The van der Waals surface area contributed by atoms with E-state index in [4.69, 9.17) is 4.74 Å². The van der Waals surface area contributed by atoms with E-state index in [-0.39, 0.29) is 17.8 Å². The van der Waals surface area contributed by atoms with Crippen molar-refractivity contribution >= 4 is 21.8 Å². The van der Waals surface area contributed by atoms with Gasteiger partial charge in [0.1, 0.15) is 17.6 Å². The normalized spacial score (nSPS) is 11.8. The van der Waals surface area contributed by atoms with E-state index in [1.165, 1.54) is 6.07 Å². The molecule has 0 aromatic heterocycles. The molecule has 4 nitrogen and oxygen atoms in total. The van der Waals surface area contributed by atoms with Gasteiger partial charge in [-0.25, -0.2) is 4.39 Å². The second-order valence-electron chi connectivity index (χ2n) is 5.81. The third-order valence-corrected chi connectivity index (χ3v) is 4.65. The standard InChI is InChI=1S/C19H22BrFN2O2/c1-13(15-7-8-18(25-2)16(20)11-15)23-12-19(24)22-10-9-14-5-3-4-6-17(14)21/h3-8,11,13,23H,9-10,12H2,1-2H3,(H,22,24)/p+1/t13-/m0/s1. The summed E-state index contributed by atoms with van der Waals surface area (Å²) < 4.78 is 19.6. The highest BCUT2D eigenvalue weighted by atomic mass is 79.9.